The van der Waals surface area contributed by atoms with E-state index in [1.54, 1.807) is 31.7 Å². The van der Waals surface area contributed by atoms with Crippen LogP contribution in [0.3, 0.4) is 0 Å². The fourth-order valence-corrected chi connectivity index (χ4v) is 2.30. The maximum Gasteiger partial charge on any atom is 0.408 e. The van der Waals surface area contributed by atoms with Gasteiger partial charge in [0, 0.05) is 0 Å². The minimum atomic E-state index is -0.680. The monoisotopic (exact) mass is 298 g/mol. The number of amides is 2. The predicted molar refractivity (Wildman–Crippen MR) is 79.7 cm³/mol. The number of alkyl carbamates (subject to hydrolysis) is 1. The molecule has 0 aliphatic carbocycles. The van der Waals surface area contributed by atoms with Crippen LogP contribution in [-0.4, -0.2) is 47.4 Å². The molecule has 1 atom stereocenters. The SMILES string of the molecule is C=CC[C@H]1COC(C)(C)N1C(=O)CNC(=O)OC(C)(C)C. The lowest BCUT2D eigenvalue weighted by molar-refractivity contribution is -0.145. The van der Waals surface area contributed by atoms with Gasteiger partial charge in [0.2, 0.25) is 5.91 Å². The summed E-state index contributed by atoms with van der Waals surface area (Å²) in [5, 5.41) is 2.48. The lowest BCUT2D eigenvalue weighted by Crippen LogP contribution is -2.51. The van der Waals surface area contributed by atoms with E-state index in [9.17, 15) is 9.59 Å². The summed E-state index contributed by atoms with van der Waals surface area (Å²) < 4.78 is 10.7. The molecule has 1 heterocycles. The molecule has 1 fully saturated rings. The van der Waals surface area contributed by atoms with E-state index in [1.807, 2.05) is 13.8 Å². The van der Waals surface area contributed by atoms with Crippen molar-refractivity contribution < 1.29 is 19.1 Å². The van der Waals surface area contributed by atoms with Gasteiger partial charge in [0.1, 0.15) is 17.9 Å². The Morgan fingerprint density at radius 3 is 2.62 bits per heavy atom. The summed E-state index contributed by atoms with van der Waals surface area (Å²) in [7, 11) is 0. The maximum absolute atomic E-state index is 12.4. The van der Waals surface area contributed by atoms with E-state index >= 15 is 0 Å². The lowest BCUT2D eigenvalue weighted by Gasteiger charge is -2.33. The van der Waals surface area contributed by atoms with Crippen LogP contribution in [0.15, 0.2) is 12.7 Å². The van der Waals surface area contributed by atoms with Crippen molar-refractivity contribution in [3.05, 3.63) is 12.7 Å². The molecule has 0 unspecified atom stereocenters. The van der Waals surface area contributed by atoms with E-state index < -0.39 is 17.4 Å². The molecule has 6 heteroatoms. The third-order valence-corrected chi connectivity index (χ3v) is 3.06. The molecule has 2 amide bonds. The second kappa shape index (κ2) is 6.47. The van der Waals surface area contributed by atoms with E-state index in [1.165, 1.54) is 0 Å². The Morgan fingerprint density at radius 2 is 2.10 bits per heavy atom. The first-order valence-corrected chi connectivity index (χ1v) is 7.10. The quantitative estimate of drug-likeness (QED) is 0.807. The number of carbonyl (C=O) groups excluding carboxylic acids is 2. The standard InChI is InChI=1S/C15H26N2O4/c1-7-8-11-10-20-15(5,6)17(11)12(18)9-16-13(19)21-14(2,3)4/h7,11H,1,8-10H2,2-6H3,(H,16,19)/t11-/m0/s1. The average Bonchev–Trinajstić information content (AvgIpc) is 2.60. The summed E-state index contributed by atoms with van der Waals surface area (Å²) in [6.07, 6.45) is 1.81. The van der Waals surface area contributed by atoms with E-state index in [4.69, 9.17) is 9.47 Å². The summed E-state index contributed by atoms with van der Waals surface area (Å²) in [4.78, 5) is 25.6. The molecule has 0 spiro atoms. The summed E-state index contributed by atoms with van der Waals surface area (Å²) in [5.74, 6) is -0.199. The maximum atomic E-state index is 12.4. The van der Waals surface area contributed by atoms with Gasteiger partial charge in [-0.25, -0.2) is 4.79 Å². The molecule has 0 aromatic carbocycles. The van der Waals surface area contributed by atoms with E-state index in [2.05, 4.69) is 11.9 Å². The Morgan fingerprint density at radius 1 is 1.48 bits per heavy atom. The number of nitrogens with zero attached hydrogens (tertiary/aromatic N) is 1. The second-order valence-electron chi connectivity index (χ2n) is 6.56. The number of hydrogen-bond donors (Lipinski definition) is 1. The number of rotatable bonds is 4. The molecule has 0 bridgehead atoms. The van der Waals surface area contributed by atoms with Crippen molar-refractivity contribution in [1.82, 2.24) is 10.2 Å². The van der Waals surface area contributed by atoms with Crippen LogP contribution in [0.4, 0.5) is 4.79 Å². The Hall–Kier alpha value is -1.56. The van der Waals surface area contributed by atoms with Gasteiger partial charge in [-0.2, -0.15) is 0 Å². The second-order valence-corrected chi connectivity index (χ2v) is 6.56. The molecule has 21 heavy (non-hydrogen) atoms. The van der Waals surface area contributed by atoms with Gasteiger partial charge in [-0.1, -0.05) is 6.08 Å². The Labute approximate surface area is 126 Å². The summed E-state index contributed by atoms with van der Waals surface area (Å²) in [6.45, 7) is 13.0. The fourth-order valence-electron chi connectivity index (χ4n) is 2.30. The molecule has 0 aromatic rings. The number of hydrogen-bond acceptors (Lipinski definition) is 4. The van der Waals surface area contributed by atoms with Crippen LogP contribution in [0.5, 0.6) is 0 Å². The van der Waals surface area contributed by atoms with E-state index in [0.717, 1.165) is 0 Å². The molecule has 0 radical (unpaired) electrons. The highest BCUT2D eigenvalue weighted by atomic mass is 16.6. The van der Waals surface area contributed by atoms with Crippen LogP contribution in [0.2, 0.25) is 0 Å². The molecule has 1 aliphatic heterocycles. The van der Waals surface area contributed by atoms with Crippen LogP contribution in [-0.2, 0) is 14.3 Å². The van der Waals surface area contributed by atoms with Crippen molar-refractivity contribution in [2.75, 3.05) is 13.2 Å². The van der Waals surface area contributed by atoms with Crippen molar-refractivity contribution in [1.29, 1.82) is 0 Å². The summed E-state index contributed by atoms with van der Waals surface area (Å²) >= 11 is 0. The Kier molecular flexibility index (Phi) is 5.39. The topological polar surface area (TPSA) is 67.9 Å². The summed E-state index contributed by atoms with van der Waals surface area (Å²) in [5.41, 5.74) is -1.27. The normalized spacial score (nSPS) is 21.0. The highest BCUT2D eigenvalue weighted by Crippen LogP contribution is 2.28. The number of ether oxygens (including phenoxy) is 2. The van der Waals surface area contributed by atoms with E-state index in [0.29, 0.717) is 13.0 Å². The van der Waals surface area contributed by atoms with Gasteiger partial charge in [-0.3, -0.25) is 4.79 Å². The van der Waals surface area contributed by atoms with Crippen LogP contribution in [0.1, 0.15) is 41.0 Å². The van der Waals surface area contributed by atoms with Crippen LogP contribution >= 0.6 is 0 Å². The molecule has 1 rings (SSSR count). The van der Waals surface area contributed by atoms with Crippen molar-refractivity contribution in [3.8, 4) is 0 Å². The minimum absolute atomic E-state index is 0.0505. The highest BCUT2D eigenvalue weighted by Gasteiger charge is 2.42. The molecule has 1 aliphatic rings. The van der Waals surface area contributed by atoms with Crippen LogP contribution in [0, 0.1) is 0 Å². The molecule has 1 saturated heterocycles. The van der Waals surface area contributed by atoms with Crippen molar-refractivity contribution in [2.45, 2.75) is 58.4 Å². The molecular formula is C15H26N2O4. The first-order chi connectivity index (χ1) is 9.57. The average molecular weight is 298 g/mol. The van der Waals surface area contributed by atoms with Gasteiger partial charge in [-0.15, -0.1) is 6.58 Å². The van der Waals surface area contributed by atoms with Gasteiger partial charge in [0.15, 0.2) is 0 Å². The Balaban J connectivity index is 2.60. The van der Waals surface area contributed by atoms with Gasteiger partial charge < -0.3 is 19.7 Å². The third-order valence-electron chi connectivity index (χ3n) is 3.06. The smallest absolute Gasteiger partial charge is 0.408 e. The van der Waals surface area contributed by atoms with Crippen molar-refractivity contribution >= 4 is 12.0 Å². The molecule has 1 N–H and O–H groups in total. The fraction of sp³-hybridized carbons (Fsp3) is 0.733. The van der Waals surface area contributed by atoms with Gasteiger partial charge in [0.05, 0.1) is 12.6 Å². The van der Waals surface area contributed by atoms with Crippen molar-refractivity contribution in [2.24, 2.45) is 0 Å². The largest absolute Gasteiger partial charge is 0.444 e. The number of carbonyl (C=O) groups is 2. The molecular weight excluding hydrogens is 272 g/mol. The van der Waals surface area contributed by atoms with Gasteiger partial charge in [-0.05, 0) is 41.0 Å². The highest BCUT2D eigenvalue weighted by molar-refractivity contribution is 5.83. The summed E-state index contributed by atoms with van der Waals surface area (Å²) in [6, 6.07) is -0.0505. The predicted octanol–water partition coefficient (Wildman–Crippen LogP) is 2.05. The lowest BCUT2D eigenvalue weighted by atomic mass is 10.1. The molecule has 6 nitrogen and oxygen atoms in total. The zero-order valence-electron chi connectivity index (χ0n) is 13.6. The molecule has 0 aromatic heterocycles. The van der Waals surface area contributed by atoms with Gasteiger partial charge >= 0.3 is 6.09 Å². The zero-order chi connectivity index (χ0) is 16.3. The zero-order valence-corrected chi connectivity index (χ0v) is 13.6. The third kappa shape index (κ3) is 5.04. The van der Waals surface area contributed by atoms with Gasteiger partial charge in [0.25, 0.3) is 0 Å². The molecule has 0 saturated carbocycles. The Bertz CT molecular complexity index is 412. The number of nitrogens with one attached hydrogen (secondary N) is 1. The van der Waals surface area contributed by atoms with Crippen LogP contribution < -0.4 is 5.32 Å². The molecule has 120 valence electrons. The first-order valence-electron chi connectivity index (χ1n) is 7.10. The minimum Gasteiger partial charge on any atom is -0.444 e. The van der Waals surface area contributed by atoms with E-state index in [-0.39, 0.29) is 18.5 Å². The first kappa shape index (κ1) is 17.5. The van der Waals surface area contributed by atoms with Crippen molar-refractivity contribution in [3.63, 3.8) is 0 Å². The van der Waals surface area contributed by atoms with Crippen LogP contribution in [0.25, 0.3) is 0 Å².